The molecule has 0 aliphatic carbocycles. The van der Waals surface area contributed by atoms with Crippen molar-refractivity contribution in [3.8, 4) is 23.2 Å². The third-order valence-electron chi connectivity index (χ3n) is 10.5. The highest BCUT2D eigenvalue weighted by molar-refractivity contribution is 7.23. The number of amides is 1. The second-order valence-electron chi connectivity index (χ2n) is 12.7. The van der Waals surface area contributed by atoms with Gasteiger partial charge in [0.2, 0.25) is 6.41 Å². The van der Waals surface area contributed by atoms with Crippen LogP contribution in [0.25, 0.3) is 32.1 Å². The molecule has 0 saturated carbocycles. The van der Waals surface area contributed by atoms with Gasteiger partial charge in [0.25, 0.3) is 0 Å². The minimum atomic E-state index is -0.721. The van der Waals surface area contributed by atoms with Gasteiger partial charge in [0, 0.05) is 36.0 Å². The molecule has 1 unspecified atom stereocenters. The Bertz CT molecular complexity index is 1940. The summed E-state index contributed by atoms with van der Waals surface area (Å²) in [5.74, 6) is -0.785. The van der Waals surface area contributed by atoms with Crippen molar-refractivity contribution in [3.05, 3.63) is 40.4 Å². The van der Waals surface area contributed by atoms with E-state index >= 15 is 4.39 Å². The number of hydrogen-bond donors (Lipinski definition) is 1. The van der Waals surface area contributed by atoms with Crippen LogP contribution in [0.15, 0.2) is 18.2 Å². The number of likely N-dealkylation sites (tertiary alicyclic amines) is 1. The summed E-state index contributed by atoms with van der Waals surface area (Å²) >= 11 is 7.78. The van der Waals surface area contributed by atoms with Gasteiger partial charge in [0.1, 0.15) is 34.8 Å². The van der Waals surface area contributed by atoms with Crippen LogP contribution in [0.5, 0.6) is 6.01 Å². The van der Waals surface area contributed by atoms with Gasteiger partial charge < -0.3 is 20.3 Å². The predicted molar refractivity (Wildman–Crippen MR) is 170 cm³/mol. The molecule has 232 valence electrons. The monoisotopic (exact) mass is 649 g/mol. The SMILES string of the molecule is N#Cc1c(N)sc2c(F)ccc(-c3c(Cl)cc4c(N5CCC6(CCN6C=O)C5)nc(OCC56CCCN5CCC6)nc4c3F)c12. The van der Waals surface area contributed by atoms with E-state index in [9.17, 15) is 14.4 Å². The van der Waals surface area contributed by atoms with Crippen molar-refractivity contribution >= 4 is 61.2 Å². The summed E-state index contributed by atoms with van der Waals surface area (Å²) in [4.78, 5) is 27.5. The Morgan fingerprint density at radius 2 is 1.91 bits per heavy atom. The lowest BCUT2D eigenvalue weighted by atomic mass is 9.84. The molecule has 9 nitrogen and oxygen atoms in total. The molecule has 2 aromatic carbocycles. The van der Waals surface area contributed by atoms with Crippen LogP contribution < -0.4 is 15.4 Å². The average molecular weight is 650 g/mol. The summed E-state index contributed by atoms with van der Waals surface area (Å²) in [6.07, 6.45) is 6.83. The lowest BCUT2D eigenvalue weighted by Crippen LogP contribution is -2.60. The van der Waals surface area contributed by atoms with Gasteiger partial charge in [-0.25, -0.2) is 8.78 Å². The summed E-state index contributed by atoms with van der Waals surface area (Å²) in [5, 5.41) is 10.7. The van der Waals surface area contributed by atoms with Crippen LogP contribution in [-0.2, 0) is 4.79 Å². The third kappa shape index (κ3) is 4.20. The van der Waals surface area contributed by atoms with Crippen molar-refractivity contribution in [1.82, 2.24) is 19.8 Å². The Morgan fingerprint density at radius 1 is 1.13 bits per heavy atom. The number of anilines is 2. The number of carbonyl (C=O) groups excluding carboxylic acids is 1. The van der Waals surface area contributed by atoms with E-state index in [1.54, 1.807) is 6.07 Å². The lowest BCUT2D eigenvalue weighted by molar-refractivity contribution is -0.131. The number of halogens is 3. The third-order valence-corrected chi connectivity index (χ3v) is 11.8. The van der Waals surface area contributed by atoms with Gasteiger partial charge in [-0.3, -0.25) is 9.69 Å². The van der Waals surface area contributed by atoms with Gasteiger partial charge in [-0.15, -0.1) is 11.3 Å². The Labute approximate surface area is 267 Å². The first-order valence-electron chi connectivity index (χ1n) is 15.2. The number of nitrogens with zero attached hydrogens (tertiary/aromatic N) is 6. The number of fused-ring (bicyclic) bond motifs is 3. The molecule has 6 heterocycles. The second-order valence-corrected chi connectivity index (χ2v) is 14.1. The van der Waals surface area contributed by atoms with E-state index < -0.39 is 11.6 Å². The lowest BCUT2D eigenvalue weighted by Gasteiger charge is -2.48. The molecule has 1 spiro atoms. The standard InChI is InChI=1S/C32H30ClF2N7O2S/c33-21-13-19-26(25(35)24(21)18-3-4-22(34)27-23(18)20(14-36)28(37)45-27)38-30(44-16-32-5-1-9-41(32)10-2-6-32)39-29(19)40-11-7-31(15-40)8-12-42(31)17-43/h3-4,13,17H,1-2,5-12,15-16,37H2. The van der Waals surface area contributed by atoms with E-state index in [0.717, 1.165) is 69.4 Å². The number of thiophene rings is 1. The van der Waals surface area contributed by atoms with Crippen molar-refractivity contribution in [1.29, 1.82) is 5.26 Å². The summed E-state index contributed by atoms with van der Waals surface area (Å²) in [7, 11) is 0. The van der Waals surface area contributed by atoms with Crippen LogP contribution in [0.2, 0.25) is 5.02 Å². The number of hydrogen-bond acceptors (Lipinski definition) is 9. The molecule has 1 amide bonds. The number of rotatable bonds is 6. The van der Waals surface area contributed by atoms with Gasteiger partial charge in [-0.05, 0) is 69.3 Å². The molecule has 8 rings (SSSR count). The highest BCUT2D eigenvalue weighted by Gasteiger charge is 2.50. The van der Waals surface area contributed by atoms with Crippen molar-refractivity contribution < 1.29 is 18.3 Å². The highest BCUT2D eigenvalue weighted by Crippen LogP contribution is 2.47. The molecule has 2 N–H and O–H groups in total. The quantitative estimate of drug-likeness (QED) is 0.264. The van der Waals surface area contributed by atoms with E-state index in [2.05, 4.69) is 14.8 Å². The van der Waals surface area contributed by atoms with Gasteiger partial charge in [0.05, 0.1) is 26.4 Å². The number of aromatic nitrogens is 2. The molecule has 45 heavy (non-hydrogen) atoms. The topological polar surface area (TPSA) is 112 Å². The van der Waals surface area contributed by atoms with Gasteiger partial charge >= 0.3 is 6.01 Å². The summed E-state index contributed by atoms with van der Waals surface area (Å²) < 4.78 is 38.3. The Morgan fingerprint density at radius 3 is 2.62 bits per heavy atom. The maximum atomic E-state index is 16.9. The maximum absolute atomic E-state index is 16.9. The van der Waals surface area contributed by atoms with Crippen LogP contribution in [0, 0.1) is 23.0 Å². The van der Waals surface area contributed by atoms with Crippen LogP contribution in [0.4, 0.5) is 19.6 Å². The predicted octanol–water partition coefficient (Wildman–Crippen LogP) is 5.72. The molecule has 0 bridgehead atoms. The number of nitrogen functional groups attached to an aromatic ring is 1. The Balaban J connectivity index is 1.28. The molecular formula is C32H30ClF2N7O2S. The van der Waals surface area contributed by atoms with Gasteiger partial charge in [0.15, 0.2) is 5.82 Å². The van der Waals surface area contributed by atoms with Crippen LogP contribution in [0.3, 0.4) is 0 Å². The zero-order valence-electron chi connectivity index (χ0n) is 24.4. The molecule has 13 heteroatoms. The van der Waals surface area contributed by atoms with E-state index in [1.165, 1.54) is 12.1 Å². The number of nitrogens with two attached hydrogens (primary N) is 1. The minimum Gasteiger partial charge on any atom is -0.461 e. The first-order chi connectivity index (χ1) is 21.8. The van der Waals surface area contributed by atoms with E-state index in [-0.39, 0.29) is 59.4 Å². The molecule has 4 aliphatic heterocycles. The summed E-state index contributed by atoms with van der Waals surface area (Å²) in [6, 6.07) is 6.39. The first kappa shape index (κ1) is 28.7. The zero-order valence-corrected chi connectivity index (χ0v) is 26.0. The van der Waals surface area contributed by atoms with Crippen LogP contribution in [0.1, 0.15) is 44.1 Å². The van der Waals surface area contributed by atoms with Gasteiger partial charge in [-0.1, -0.05) is 17.7 Å². The van der Waals surface area contributed by atoms with E-state index in [0.29, 0.717) is 37.4 Å². The molecule has 4 fully saturated rings. The van der Waals surface area contributed by atoms with E-state index in [1.807, 2.05) is 11.0 Å². The largest absolute Gasteiger partial charge is 0.461 e. The van der Waals surface area contributed by atoms with Crippen LogP contribution >= 0.6 is 22.9 Å². The fourth-order valence-corrected chi connectivity index (χ4v) is 9.32. The Hall–Kier alpha value is -3.79. The van der Waals surface area contributed by atoms with E-state index in [4.69, 9.17) is 27.1 Å². The van der Waals surface area contributed by atoms with Crippen molar-refractivity contribution in [3.63, 3.8) is 0 Å². The fraction of sp³-hybridized carbons (Fsp3) is 0.438. The molecular weight excluding hydrogens is 620 g/mol. The minimum absolute atomic E-state index is 0.000522. The highest BCUT2D eigenvalue weighted by atomic mass is 35.5. The molecule has 1 atom stereocenters. The molecule has 4 aliphatic rings. The van der Waals surface area contributed by atoms with Crippen molar-refractivity contribution in [2.24, 2.45) is 0 Å². The normalized spacial score (nSPS) is 22.4. The van der Waals surface area contributed by atoms with Crippen LogP contribution in [-0.4, -0.2) is 76.6 Å². The smallest absolute Gasteiger partial charge is 0.319 e. The maximum Gasteiger partial charge on any atom is 0.319 e. The number of carbonyl (C=O) groups is 1. The molecule has 0 radical (unpaired) electrons. The second kappa shape index (κ2) is 10.4. The molecule has 2 aromatic heterocycles. The zero-order chi connectivity index (χ0) is 31.1. The average Bonchev–Trinajstić information content (AvgIpc) is 3.79. The summed E-state index contributed by atoms with van der Waals surface area (Å²) in [5.41, 5.74) is 6.07. The van der Waals surface area contributed by atoms with Crippen molar-refractivity contribution in [2.45, 2.75) is 49.6 Å². The van der Waals surface area contributed by atoms with Crippen molar-refractivity contribution in [2.75, 3.05) is 50.0 Å². The number of ether oxygens (including phenoxy) is 1. The first-order valence-corrected chi connectivity index (χ1v) is 16.4. The van der Waals surface area contributed by atoms with Gasteiger partial charge in [-0.2, -0.15) is 15.2 Å². The Kier molecular flexibility index (Phi) is 6.61. The molecule has 4 saturated heterocycles. The number of nitriles is 1. The molecule has 4 aromatic rings. The summed E-state index contributed by atoms with van der Waals surface area (Å²) in [6.45, 7) is 4.36. The number of benzene rings is 2. The fourth-order valence-electron chi connectivity index (χ4n) is 8.08.